The average molecular weight is 380 g/mol. The minimum absolute atomic E-state index is 0.123. The van der Waals surface area contributed by atoms with Crippen LogP contribution >= 0.6 is 0 Å². The number of carbonyl (C=O) groups is 1. The highest BCUT2D eigenvalue weighted by Crippen LogP contribution is 2.26. The first-order valence-corrected chi connectivity index (χ1v) is 11.3. The number of sulfonamides is 1. The third-order valence-electron chi connectivity index (χ3n) is 5.42. The number of amides is 1. The van der Waals surface area contributed by atoms with Crippen molar-refractivity contribution < 1.29 is 13.2 Å². The number of carbonyl (C=O) groups excluding carboxylic acids is 1. The molecule has 26 heavy (non-hydrogen) atoms. The van der Waals surface area contributed by atoms with E-state index in [4.69, 9.17) is 0 Å². The summed E-state index contributed by atoms with van der Waals surface area (Å²) in [5.74, 6) is 0.643. The van der Waals surface area contributed by atoms with Gasteiger partial charge in [-0.15, -0.1) is 0 Å². The van der Waals surface area contributed by atoms with Crippen LogP contribution < -0.4 is 9.21 Å². The lowest BCUT2D eigenvalue weighted by molar-refractivity contribution is -0.128. The van der Waals surface area contributed by atoms with E-state index in [1.807, 2.05) is 24.3 Å². The van der Waals surface area contributed by atoms with E-state index in [0.29, 0.717) is 5.69 Å². The van der Waals surface area contributed by atoms with Gasteiger partial charge in [0.15, 0.2) is 0 Å². The Labute approximate surface area is 156 Å². The van der Waals surface area contributed by atoms with Crippen LogP contribution in [0.3, 0.4) is 0 Å². The van der Waals surface area contributed by atoms with Crippen LogP contribution in [0.2, 0.25) is 0 Å². The molecule has 2 saturated heterocycles. The van der Waals surface area contributed by atoms with Crippen LogP contribution in [-0.4, -0.2) is 58.2 Å². The molecule has 0 radical (unpaired) electrons. The molecular formula is C19H29N3O3S. The van der Waals surface area contributed by atoms with E-state index in [1.165, 1.54) is 17.1 Å². The number of piperidine rings is 1. The van der Waals surface area contributed by atoms with Gasteiger partial charge in [0, 0.05) is 31.9 Å². The van der Waals surface area contributed by atoms with Gasteiger partial charge in [-0.05, 0) is 55.9 Å². The molecule has 0 unspecified atom stereocenters. The molecule has 6 nitrogen and oxygen atoms in total. The molecule has 2 aliphatic rings. The fourth-order valence-electron chi connectivity index (χ4n) is 3.69. The highest BCUT2D eigenvalue weighted by atomic mass is 32.2. The molecule has 144 valence electrons. The molecule has 3 rings (SSSR count). The van der Waals surface area contributed by atoms with Crippen LogP contribution in [0.5, 0.6) is 0 Å². The zero-order chi connectivity index (χ0) is 18.7. The van der Waals surface area contributed by atoms with E-state index < -0.39 is 10.0 Å². The summed E-state index contributed by atoms with van der Waals surface area (Å²) in [6.07, 6.45) is 5.51. The van der Waals surface area contributed by atoms with Crippen molar-refractivity contribution in [1.82, 2.24) is 4.90 Å². The molecule has 0 aromatic heterocycles. The number of likely N-dealkylation sites (tertiary alicyclic amines) is 1. The van der Waals surface area contributed by atoms with Crippen molar-refractivity contribution in [2.24, 2.45) is 5.92 Å². The molecule has 0 spiro atoms. The summed E-state index contributed by atoms with van der Waals surface area (Å²) in [6, 6.07) is 7.55. The van der Waals surface area contributed by atoms with Gasteiger partial charge >= 0.3 is 0 Å². The monoisotopic (exact) mass is 379 g/mol. The van der Waals surface area contributed by atoms with Crippen molar-refractivity contribution in [2.75, 3.05) is 48.2 Å². The van der Waals surface area contributed by atoms with Crippen LogP contribution in [0.1, 0.15) is 32.6 Å². The third kappa shape index (κ3) is 4.50. The number of anilines is 2. The number of hydrogen-bond donors (Lipinski definition) is 0. The van der Waals surface area contributed by atoms with Crippen molar-refractivity contribution in [3.63, 3.8) is 0 Å². The van der Waals surface area contributed by atoms with E-state index in [1.54, 1.807) is 4.90 Å². The van der Waals surface area contributed by atoms with Crippen LogP contribution in [0, 0.1) is 5.92 Å². The Kier molecular flexibility index (Phi) is 5.75. The number of rotatable bonds is 5. The van der Waals surface area contributed by atoms with E-state index in [2.05, 4.69) is 11.8 Å². The Morgan fingerprint density at radius 3 is 2.19 bits per heavy atom. The van der Waals surface area contributed by atoms with Crippen LogP contribution in [0.25, 0.3) is 0 Å². The maximum Gasteiger partial charge on any atom is 0.243 e. The Morgan fingerprint density at radius 2 is 1.65 bits per heavy atom. The molecule has 0 bridgehead atoms. The first kappa shape index (κ1) is 19.0. The smallest absolute Gasteiger partial charge is 0.243 e. The summed E-state index contributed by atoms with van der Waals surface area (Å²) < 4.78 is 25.7. The quantitative estimate of drug-likeness (QED) is 0.788. The molecule has 2 fully saturated rings. The molecule has 2 aliphatic heterocycles. The van der Waals surface area contributed by atoms with E-state index >= 15 is 0 Å². The number of nitrogens with zero attached hydrogens (tertiary/aromatic N) is 3. The normalized spacial score (nSPS) is 19.0. The third-order valence-corrected chi connectivity index (χ3v) is 6.57. The predicted octanol–water partition coefficient (Wildman–Crippen LogP) is 2.31. The molecule has 1 aromatic rings. The Morgan fingerprint density at radius 1 is 1.08 bits per heavy atom. The second-order valence-electron chi connectivity index (χ2n) is 7.54. The molecule has 0 saturated carbocycles. The highest BCUT2D eigenvalue weighted by Gasteiger charge is 2.26. The summed E-state index contributed by atoms with van der Waals surface area (Å²) in [5.41, 5.74) is 1.66. The van der Waals surface area contributed by atoms with Crippen LogP contribution in [0.15, 0.2) is 24.3 Å². The van der Waals surface area contributed by atoms with Gasteiger partial charge in [0.05, 0.1) is 11.9 Å². The number of benzene rings is 1. The average Bonchev–Trinajstić information content (AvgIpc) is 3.14. The second-order valence-corrected chi connectivity index (χ2v) is 9.45. The molecule has 0 atom stereocenters. The number of hydrogen-bond acceptors (Lipinski definition) is 4. The predicted molar refractivity (Wildman–Crippen MR) is 105 cm³/mol. The summed E-state index contributed by atoms with van der Waals surface area (Å²) in [7, 11) is -3.52. The van der Waals surface area contributed by atoms with Crippen molar-refractivity contribution in [1.29, 1.82) is 0 Å². The highest BCUT2D eigenvalue weighted by molar-refractivity contribution is 7.92. The van der Waals surface area contributed by atoms with Gasteiger partial charge in [-0.2, -0.15) is 0 Å². The van der Waals surface area contributed by atoms with E-state index in [-0.39, 0.29) is 12.5 Å². The van der Waals surface area contributed by atoms with Gasteiger partial charge < -0.3 is 9.80 Å². The van der Waals surface area contributed by atoms with Crippen molar-refractivity contribution in [3.05, 3.63) is 24.3 Å². The zero-order valence-electron chi connectivity index (χ0n) is 15.7. The lowest BCUT2D eigenvalue weighted by Gasteiger charge is -2.32. The fourth-order valence-corrected chi connectivity index (χ4v) is 4.54. The molecule has 2 heterocycles. The molecule has 7 heteroatoms. The van der Waals surface area contributed by atoms with Gasteiger partial charge in [0.25, 0.3) is 0 Å². The van der Waals surface area contributed by atoms with Crippen LogP contribution in [-0.2, 0) is 14.8 Å². The summed E-state index contributed by atoms with van der Waals surface area (Å²) >= 11 is 0. The lowest BCUT2D eigenvalue weighted by atomic mass is 9.99. The first-order chi connectivity index (χ1) is 12.3. The van der Waals surface area contributed by atoms with Gasteiger partial charge in [-0.1, -0.05) is 6.92 Å². The first-order valence-electron chi connectivity index (χ1n) is 9.45. The molecule has 1 aromatic carbocycles. The van der Waals surface area contributed by atoms with Crippen molar-refractivity contribution >= 4 is 27.3 Å². The Hall–Kier alpha value is -1.76. The van der Waals surface area contributed by atoms with Crippen molar-refractivity contribution in [3.8, 4) is 0 Å². The molecule has 0 aliphatic carbocycles. The molecule has 0 N–H and O–H groups in total. The second kappa shape index (κ2) is 7.86. The van der Waals surface area contributed by atoms with Gasteiger partial charge in [0.2, 0.25) is 15.9 Å². The lowest BCUT2D eigenvalue weighted by Crippen LogP contribution is -2.41. The van der Waals surface area contributed by atoms with Gasteiger partial charge in [-0.25, -0.2) is 8.42 Å². The largest absolute Gasteiger partial charge is 0.372 e. The SMILES string of the molecule is CC1CCN(c2ccc(N(CC(=O)N3CCCC3)S(C)(=O)=O)cc2)CC1. The van der Waals surface area contributed by atoms with Gasteiger partial charge in [-0.3, -0.25) is 9.10 Å². The van der Waals surface area contributed by atoms with Crippen molar-refractivity contribution in [2.45, 2.75) is 32.6 Å². The maximum absolute atomic E-state index is 12.4. The standard InChI is InChI=1S/C19H29N3O3S/c1-16-9-13-20(14-10-16)17-5-7-18(8-6-17)22(26(2,24)25)15-19(23)21-11-3-4-12-21/h5-8,16H,3-4,9-15H2,1-2H3. The summed E-state index contributed by atoms with van der Waals surface area (Å²) in [5, 5.41) is 0. The maximum atomic E-state index is 12.4. The Balaban J connectivity index is 1.73. The minimum atomic E-state index is -3.52. The van der Waals surface area contributed by atoms with Crippen LogP contribution in [0.4, 0.5) is 11.4 Å². The van der Waals surface area contributed by atoms with E-state index in [9.17, 15) is 13.2 Å². The summed E-state index contributed by atoms with van der Waals surface area (Å²) in [6.45, 7) is 5.67. The Bertz CT molecular complexity index is 719. The molecular weight excluding hydrogens is 350 g/mol. The van der Waals surface area contributed by atoms with E-state index in [0.717, 1.165) is 56.9 Å². The summed E-state index contributed by atoms with van der Waals surface area (Å²) in [4.78, 5) is 16.5. The topological polar surface area (TPSA) is 60.9 Å². The fraction of sp³-hybridized carbons (Fsp3) is 0.632. The van der Waals surface area contributed by atoms with Gasteiger partial charge in [0.1, 0.15) is 6.54 Å². The zero-order valence-corrected chi connectivity index (χ0v) is 16.5. The molecule has 1 amide bonds. The minimum Gasteiger partial charge on any atom is -0.372 e.